The highest BCUT2D eigenvalue weighted by molar-refractivity contribution is 6.02. The molecule has 0 radical (unpaired) electrons. The molecule has 6 nitrogen and oxygen atoms in total. The fourth-order valence-corrected chi connectivity index (χ4v) is 3.94. The molecule has 0 bridgehead atoms. The first-order chi connectivity index (χ1) is 14.8. The van der Waals surface area contributed by atoms with E-state index in [4.69, 9.17) is 0 Å². The van der Waals surface area contributed by atoms with Crippen molar-refractivity contribution in [2.24, 2.45) is 5.92 Å². The van der Waals surface area contributed by atoms with Gasteiger partial charge in [0, 0.05) is 43.1 Å². The van der Waals surface area contributed by atoms with Crippen molar-refractivity contribution in [2.75, 3.05) is 43.4 Å². The van der Waals surface area contributed by atoms with E-state index >= 15 is 0 Å². The van der Waals surface area contributed by atoms with E-state index in [1.807, 2.05) is 51.1 Å². The number of benzene rings is 2. The Morgan fingerprint density at radius 3 is 2.23 bits per heavy atom. The summed E-state index contributed by atoms with van der Waals surface area (Å²) in [5.74, 6) is -0.476. The maximum absolute atomic E-state index is 13.0. The molecule has 0 spiro atoms. The molecule has 6 heteroatoms. The van der Waals surface area contributed by atoms with Crippen LogP contribution in [0, 0.1) is 19.8 Å². The lowest BCUT2D eigenvalue weighted by Crippen LogP contribution is -2.47. The number of amides is 2. The van der Waals surface area contributed by atoms with Crippen molar-refractivity contribution in [3.8, 4) is 0 Å². The highest BCUT2D eigenvalue weighted by Gasteiger charge is 2.25. The first-order valence-electron chi connectivity index (χ1n) is 11.0. The summed E-state index contributed by atoms with van der Waals surface area (Å²) in [6.07, 6.45) is 0. The summed E-state index contributed by atoms with van der Waals surface area (Å²) < 4.78 is 0. The molecule has 2 N–H and O–H groups in total. The van der Waals surface area contributed by atoms with Gasteiger partial charge in [0.25, 0.3) is 5.91 Å². The average Bonchev–Trinajstić information content (AvgIpc) is 2.73. The van der Waals surface area contributed by atoms with Crippen molar-refractivity contribution in [2.45, 2.75) is 33.7 Å². The minimum Gasteiger partial charge on any atom is -0.369 e. The first-order valence-corrected chi connectivity index (χ1v) is 11.0. The molecule has 1 heterocycles. The molecule has 1 aliphatic heterocycles. The predicted molar refractivity (Wildman–Crippen MR) is 127 cm³/mol. The highest BCUT2D eigenvalue weighted by atomic mass is 16.2. The summed E-state index contributed by atoms with van der Waals surface area (Å²) in [5.41, 5.74) is 4.56. The maximum Gasteiger partial charge on any atom is 0.252 e. The van der Waals surface area contributed by atoms with Crippen molar-refractivity contribution in [1.29, 1.82) is 0 Å². The number of hydrogen-bond donors (Lipinski definition) is 2. The van der Waals surface area contributed by atoms with E-state index in [-0.39, 0.29) is 17.7 Å². The van der Waals surface area contributed by atoms with Gasteiger partial charge in [0.2, 0.25) is 5.91 Å². The lowest BCUT2D eigenvalue weighted by atomic mass is 10.0. The number of nitrogens with one attached hydrogen (secondary N) is 2. The number of anilines is 2. The second-order valence-electron chi connectivity index (χ2n) is 8.79. The van der Waals surface area contributed by atoms with E-state index in [1.54, 1.807) is 6.07 Å². The van der Waals surface area contributed by atoms with Crippen molar-refractivity contribution in [3.63, 3.8) is 0 Å². The van der Waals surface area contributed by atoms with Gasteiger partial charge in [-0.25, -0.2) is 0 Å². The minimum atomic E-state index is -0.621. The van der Waals surface area contributed by atoms with Crippen LogP contribution in [0.3, 0.4) is 0 Å². The number of rotatable bonds is 6. The molecule has 1 aliphatic rings. The molecule has 0 aliphatic carbocycles. The third-order valence-electron chi connectivity index (χ3n) is 5.93. The molecule has 2 aromatic carbocycles. The Balaban J connectivity index is 1.68. The molecule has 1 fully saturated rings. The number of carbonyl (C=O) groups is 2. The minimum absolute atomic E-state index is 0.0429. The summed E-state index contributed by atoms with van der Waals surface area (Å²) in [7, 11) is 2.14. The molecule has 1 atom stereocenters. The van der Waals surface area contributed by atoms with Crippen molar-refractivity contribution in [1.82, 2.24) is 10.2 Å². The zero-order valence-electron chi connectivity index (χ0n) is 19.2. The Morgan fingerprint density at radius 1 is 0.935 bits per heavy atom. The van der Waals surface area contributed by atoms with E-state index in [2.05, 4.69) is 40.5 Å². The van der Waals surface area contributed by atoms with Crippen LogP contribution in [0.25, 0.3) is 0 Å². The standard InChI is InChI=1S/C25H34N4O2/c1-17(2)23(27-24(30)21-9-7-6-8-18(21)3)25(31)26-20-10-11-22(19(4)16-20)29-14-12-28(5)13-15-29/h6-11,16-17,23H,12-15H2,1-5H3,(H,26,31)(H,27,30). The van der Waals surface area contributed by atoms with Gasteiger partial charge < -0.3 is 20.4 Å². The van der Waals surface area contributed by atoms with Gasteiger partial charge in [-0.05, 0) is 62.2 Å². The maximum atomic E-state index is 13.0. The van der Waals surface area contributed by atoms with Crippen molar-refractivity contribution in [3.05, 3.63) is 59.2 Å². The Labute approximate surface area is 185 Å². The number of hydrogen-bond acceptors (Lipinski definition) is 4. The average molecular weight is 423 g/mol. The molecule has 31 heavy (non-hydrogen) atoms. The Hall–Kier alpha value is -2.86. The Morgan fingerprint density at radius 2 is 1.61 bits per heavy atom. The smallest absolute Gasteiger partial charge is 0.252 e. The van der Waals surface area contributed by atoms with Crippen molar-refractivity contribution < 1.29 is 9.59 Å². The van der Waals surface area contributed by atoms with Gasteiger partial charge in [0.15, 0.2) is 0 Å². The largest absolute Gasteiger partial charge is 0.369 e. The van der Waals surface area contributed by atoms with Crippen LogP contribution in [-0.4, -0.2) is 56.0 Å². The van der Waals surface area contributed by atoms with Crippen LogP contribution >= 0.6 is 0 Å². The van der Waals surface area contributed by atoms with Crippen LogP contribution in [0.4, 0.5) is 11.4 Å². The topological polar surface area (TPSA) is 64.7 Å². The number of carbonyl (C=O) groups excluding carboxylic acids is 2. The molecule has 1 saturated heterocycles. The molecule has 1 unspecified atom stereocenters. The summed E-state index contributed by atoms with van der Waals surface area (Å²) in [5, 5.41) is 5.90. The summed E-state index contributed by atoms with van der Waals surface area (Å²) in [6, 6.07) is 12.8. The van der Waals surface area contributed by atoms with Gasteiger partial charge in [-0.2, -0.15) is 0 Å². The van der Waals surface area contributed by atoms with E-state index in [1.165, 1.54) is 5.69 Å². The second-order valence-corrected chi connectivity index (χ2v) is 8.79. The van der Waals surface area contributed by atoms with Gasteiger partial charge in [-0.1, -0.05) is 32.0 Å². The fourth-order valence-electron chi connectivity index (χ4n) is 3.94. The number of nitrogens with zero attached hydrogens (tertiary/aromatic N) is 2. The summed E-state index contributed by atoms with van der Waals surface area (Å²) in [6.45, 7) is 11.9. The Kier molecular flexibility index (Phi) is 7.33. The number of likely N-dealkylation sites (N-methyl/N-ethyl adjacent to an activating group) is 1. The van der Waals surface area contributed by atoms with Gasteiger partial charge in [0.1, 0.15) is 6.04 Å². The van der Waals surface area contributed by atoms with Gasteiger partial charge in [-0.15, -0.1) is 0 Å². The molecular weight excluding hydrogens is 388 g/mol. The molecule has 0 saturated carbocycles. The van der Waals surface area contributed by atoms with E-state index in [9.17, 15) is 9.59 Å². The molecule has 166 valence electrons. The highest BCUT2D eigenvalue weighted by Crippen LogP contribution is 2.25. The monoisotopic (exact) mass is 422 g/mol. The summed E-state index contributed by atoms with van der Waals surface area (Å²) in [4.78, 5) is 30.5. The van der Waals surface area contributed by atoms with Crippen LogP contribution in [0.1, 0.15) is 35.3 Å². The Bertz CT molecular complexity index is 933. The lowest BCUT2D eigenvalue weighted by Gasteiger charge is -2.35. The normalized spacial score (nSPS) is 15.6. The SMILES string of the molecule is Cc1ccccc1C(=O)NC(C(=O)Nc1ccc(N2CCN(C)CC2)c(C)c1)C(C)C. The summed E-state index contributed by atoms with van der Waals surface area (Å²) >= 11 is 0. The van der Waals surface area contributed by atoms with Crippen LogP contribution < -0.4 is 15.5 Å². The molecule has 2 aromatic rings. The third-order valence-corrected chi connectivity index (χ3v) is 5.93. The van der Waals surface area contributed by atoms with Gasteiger partial charge >= 0.3 is 0 Å². The molecule has 0 aromatic heterocycles. The van der Waals surface area contributed by atoms with E-state index in [0.717, 1.165) is 43.0 Å². The van der Waals surface area contributed by atoms with E-state index < -0.39 is 6.04 Å². The predicted octanol–water partition coefficient (Wildman–Crippen LogP) is 3.45. The van der Waals surface area contributed by atoms with Gasteiger partial charge in [-0.3, -0.25) is 9.59 Å². The first kappa shape index (κ1) is 22.8. The number of aryl methyl sites for hydroxylation is 2. The number of piperazine rings is 1. The van der Waals surface area contributed by atoms with Gasteiger partial charge in [0.05, 0.1) is 0 Å². The van der Waals surface area contributed by atoms with Crippen LogP contribution in [0.2, 0.25) is 0 Å². The van der Waals surface area contributed by atoms with Crippen LogP contribution in [0.5, 0.6) is 0 Å². The van der Waals surface area contributed by atoms with Crippen LogP contribution in [-0.2, 0) is 4.79 Å². The molecule has 3 rings (SSSR count). The van der Waals surface area contributed by atoms with E-state index in [0.29, 0.717) is 5.56 Å². The quantitative estimate of drug-likeness (QED) is 0.748. The molecular formula is C25H34N4O2. The second kappa shape index (κ2) is 9.96. The zero-order valence-corrected chi connectivity index (χ0v) is 19.2. The van der Waals surface area contributed by atoms with Crippen molar-refractivity contribution >= 4 is 23.2 Å². The third kappa shape index (κ3) is 5.64. The molecule has 2 amide bonds. The zero-order chi connectivity index (χ0) is 22.5. The fraction of sp³-hybridized carbons (Fsp3) is 0.440. The lowest BCUT2D eigenvalue weighted by molar-refractivity contribution is -0.118. The van der Waals surface area contributed by atoms with Crippen LogP contribution in [0.15, 0.2) is 42.5 Å².